The SMILES string of the molecule is CC1(C)CNc2cc[nH]c21. The van der Waals surface area contributed by atoms with Crippen molar-refractivity contribution < 1.29 is 0 Å². The van der Waals surface area contributed by atoms with Crippen molar-refractivity contribution >= 4 is 5.69 Å². The highest BCUT2D eigenvalue weighted by molar-refractivity contribution is 5.56. The van der Waals surface area contributed by atoms with Crippen molar-refractivity contribution in [2.45, 2.75) is 19.3 Å². The predicted octanol–water partition coefficient (Wildman–Crippen LogP) is 1.72. The van der Waals surface area contributed by atoms with Gasteiger partial charge < -0.3 is 10.3 Å². The fourth-order valence-electron chi connectivity index (χ4n) is 1.48. The molecule has 0 spiro atoms. The Kier molecular flexibility index (Phi) is 0.914. The van der Waals surface area contributed by atoms with Gasteiger partial charge in [0.1, 0.15) is 0 Å². The number of aromatic amines is 1. The minimum absolute atomic E-state index is 0.291. The first kappa shape index (κ1) is 5.83. The third-order valence-electron chi connectivity index (χ3n) is 2.14. The van der Waals surface area contributed by atoms with Gasteiger partial charge in [0.25, 0.3) is 0 Å². The van der Waals surface area contributed by atoms with Gasteiger partial charge >= 0.3 is 0 Å². The minimum atomic E-state index is 0.291. The molecule has 0 saturated carbocycles. The summed E-state index contributed by atoms with van der Waals surface area (Å²) in [5.74, 6) is 0. The topological polar surface area (TPSA) is 27.8 Å². The molecule has 0 radical (unpaired) electrons. The van der Waals surface area contributed by atoms with Crippen LogP contribution in [0.3, 0.4) is 0 Å². The number of hydrogen-bond donors (Lipinski definition) is 2. The van der Waals surface area contributed by atoms with Crippen LogP contribution in [0.25, 0.3) is 0 Å². The fourth-order valence-corrected chi connectivity index (χ4v) is 1.48. The van der Waals surface area contributed by atoms with Crippen molar-refractivity contribution in [3.05, 3.63) is 18.0 Å². The van der Waals surface area contributed by atoms with Crippen molar-refractivity contribution in [1.82, 2.24) is 4.98 Å². The van der Waals surface area contributed by atoms with Crippen LogP contribution in [0.1, 0.15) is 19.5 Å². The molecule has 0 unspecified atom stereocenters. The zero-order valence-corrected chi connectivity index (χ0v) is 6.36. The van der Waals surface area contributed by atoms with Gasteiger partial charge in [-0.25, -0.2) is 0 Å². The van der Waals surface area contributed by atoms with Crippen LogP contribution in [-0.2, 0) is 5.41 Å². The molecule has 0 fully saturated rings. The summed E-state index contributed by atoms with van der Waals surface area (Å²) in [5, 5.41) is 3.34. The number of anilines is 1. The van der Waals surface area contributed by atoms with E-state index in [1.165, 1.54) is 11.4 Å². The molecule has 1 aliphatic heterocycles. The Balaban J connectivity index is 2.54. The van der Waals surface area contributed by atoms with Gasteiger partial charge in [0, 0.05) is 23.9 Å². The standard InChI is InChI=1S/C8H12N2/c1-8(2)5-10-6-3-4-9-7(6)8/h3-4,9-10H,5H2,1-2H3. The van der Waals surface area contributed by atoms with Crippen LogP contribution in [0.2, 0.25) is 0 Å². The molecule has 1 aliphatic rings. The highest BCUT2D eigenvalue weighted by Gasteiger charge is 2.30. The zero-order chi connectivity index (χ0) is 7.19. The van der Waals surface area contributed by atoms with E-state index in [4.69, 9.17) is 0 Å². The number of nitrogens with one attached hydrogen (secondary N) is 2. The lowest BCUT2D eigenvalue weighted by molar-refractivity contribution is 0.570. The Labute approximate surface area is 60.6 Å². The normalized spacial score (nSPS) is 20.2. The zero-order valence-electron chi connectivity index (χ0n) is 6.36. The van der Waals surface area contributed by atoms with E-state index < -0.39 is 0 Å². The van der Waals surface area contributed by atoms with Crippen molar-refractivity contribution in [1.29, 1.82) is 0 Å². The molecule has 1 aromatic rings. The Morgan fingerprint density at radius 3 is 3.00 bits per heavy atom. The molecule has 2 heterocycles. The van der Waals surface area contributed by atoms with E-state index in [0.717, 1.165) is 6.54 Å². The summed E-state index contributed by atoms with van der Waals surface area (Å²) in [5.41, 5.74) is 2.90. The van der Waals surface area contributed by atoms with Crippen molar-refractivity contribution in [3.63, 3.8) is 0 Å². The monoisotopic (exact) mass is 136 g/mol. The van der Waals surface area contributed by atoms with Gasteiger partial charge in [0.15, 0.2) is 0 Å². The van der Waals surface area contributed by atoms with Crippen molar-refractivity contribution in [2.24, 2.45) is 0 Å². The van der Waals surface area contributed by atoms with Crippen LogP contribution in [0, 0.1) is 0 Å². The van der Waals surface area contributed by atoms with Gasteiger partial charge in [0.05, 0.1) is 5.69 Å². The number of rotatable bonds is 0. The lowest BCUT2D eigenvalue weighted by Crippen LogP contribution is -2.19. The number of H-pyrrole nitrogens is 1. The van der Waals surface area contributed by atoms with Crippen LogP contribution in [0.15, 0.2) is 12.3 Å². The molecule has 0 aliphatic carbocycles. The second kappa shape index (κ2) is 1.57. The highest BCUT2D eigenvalue weighted by Crippen LogP contribution is 2.34. The molecule has 0 aromatic carbocycles. The predicted molar refractivity (Wildman–Crippen MR) is 42.3 cm³/mol. The molecular formula is C8H12N2. The minimum Gasteiger partial charge on any atom is -0.383 e. The van der Waals surface area contributed by atoms with Crippen LogP contribution in [-0.4, -0.2) is 11.5 Å². The maximum atomic E-state index is 3.34. The smallest absolute Gasteiger partial charge is 0.0557 e. The second-order valence-corrected chi connectivity index (χ2v) is 3.50. The molecule has 2 nitrogen and oxygen atoms in total. The van der Waals surface area contributed by atoms with E-state index in [-0.39, 0.29) is 0 Å². The third-order valence-corrected chi connectivity index (χ3v) is 2.14. The van der Waals surface area contributed by atoms with Gasteiger partial charge in [-0.2, -0.15) is 0 Å². The van der Waals surface area contributed by atoms with Crippen LogP contribution in [0.4, 0.5) is 5.69 Å². The first-order valence-corrected chi connectivity index (χ1v) is 3.62. The molecule has 1 aromatic heterocycles. The Hall–Kier alpha value is -0.920. The quantitative estimate of drug-likeness (QED) is 0.558. The molecule has 2 heteroatoms. The largest absolute Gasteiger partial charge is 0.383 e. The summed E-state index contributed by atoms with van der Waals surface area (Å²) in [4.78, 5) is 3.25. The maximum absolute atomic E-state index is 3.34. The van der Waals surface area contributed by atoms with E-state index >= 15 is 0 Å². The first-order chi connectivity index (χ1) is 4.70. The first-order valence-electron chi connectivity index (χ1n) is 3.62. The summed E-state index contributed by atoms with van der Waals surface area (Å²) in [6.07, 6.45) is 1.98. The average Bonchev–Trinajstić information content (AvgIpc) is 2.36. The maximum Gasteiger partial charge on any atom is 0.0557 e. The Bertz CT molecular complexity index is 248. The summed E-state index contributed by atoms with van der Waals surface area (Å²) in [6, 6.07) is 2.09. The van der Waals surface area contributed by atoms with E-state index in [1.807, 2.05) is 6.20 Å². The molecule has 2 rings (SSSR count). The van der Waals surface area contributed by atoms with Crippen LogP contribution < -0.4 is 5.32 Å². The lowest BCUT2D eigenvalue weighted by Gasteiger charge is -2.14. The number of hydrogen-bond acceptors (Lipinski definition) is 1. The van der Waals surface area contributed by atoms with E-state index in [1.54, 1.807) is 0 Å². The Morgan fingerprint density at radius 1 is 1.50 bits per heavy atom. The molecule has 0 atom stereocenters. The van der Waals surface area contributed by atoms with E-state index in [0.29, 0.717) is 5.41 Å². The molecule has 54 valence electrons. The summed E-state index contributed by atoms with van der Waals surface area (Å²) in [7, 11) is 0. The van der Waals surface area contributed by atoms with Gasteiger partial charge in [-0.1, -0.05) is 13.8 Å². The van der Waals surface area contributed by atoms with Crippen LogP contribution in [0.5, 0.6) is 0 Å². The molecule has 0 saturated heterocycles. The van der Waals surface area contributed by atoms with Gasteiger partial charge in [0.2, 0.25) is 0 Å². The molecule has 0 bridgehead atoms. The Morgan fingerprint density at radius 2 is 2.30 bits per heavy atom. The average molecular weight is 136 g/mol. The third kappa shape index (κ3) is 0.589. The van der Waals surface area contributed by atoms with Crippen molar-refractivity contribution in [2.75, 3.05) is 11.9 Å². The molecular weight excluding hydrogens is 124 g/mol. The van der Waals surface area contributed by atoms with Crippen molar-refractivity contribution in [3.8, 4) is 0 Å². The molecule has 2 N–H and O–H groups in total. The summed E-state index contributed by atoms with van der Waals surface area (Å²) < 4.78 is 0. The number of fused-ring (bicyclic) bond motifs is 1. The van der Waals surface area contributed by atoms with Gasteiger partial charge in [-0.15, -0.1) is 0 Å². The molecule has 10 heavy (non-hydrogen) atoms. The summed E-state index contributed by atoms with van der Waals surface area (Å²) in [6.45, 7) is 5.53. The lowest BCUT2D eigenvalue weighted by atomic mass is 9.92. The van der Waals surface area contributed by atoms with Crippen LogP contribution >= 0.6 is 0 Å². The highest BCUT2D eigenvalue weighted by atomic mass is 15.0. The summed E-state index contributed by atoms with van der Waals surface area (Å²) >= 11 is 0. The van der Waals surface area contributed by atoms with Gasteiger partial charge in [-0.3, -0.25) is 0 Å². The molecule has 0 amide bonds. The van der Waals surface area contributed by atoms with E-state index in [9.17, 15) is 0 Å². The second-order valence-electron chi connectivity index (χ2n) is 3.50. The van der Waals surface area contributed by atoms with Gasteiger partial charge in [-0.05, 0) is 6.07 Å². The fraction of sp³-hybridized carbons (Fsp3) is 0.500. The number of aromatic nitrogens is 1. The van der Waals surface area contributed by atoms with E-state index in [2.05, 4.69) is 30.2 Å².